The SMILES string of the molecule is COCC(O)CNC(=O)c1ccccc1O. The molecule has 1 aromatic carbocycles. The molecule has 1 unspecified atom stereocenters. The zero-order chi connectivity index (χ0) is 12.0. The molecule has 0 heterocycles. The largest absolute Gasteiger partial charge is 0.507 e. The standard InChI is InChI=1S/C11H15NO4/c1-16-7-8(13)6-12-11(15)9-4-2-3-5-10(9)14/h2-5,8,13-14H,6-7H2,1H3,(H,12,15). The molecule has 1 rings (SSSR count). The number of carbonyl (C=O) groups is 1. The van der Waals surface area contributed by atoms with Gasteiger partial charge in [0.2, 0.25) is 0 Å². The lowest BCUT2D eigenvalue weighted by Gasteiger charge is -2.11. The van der Waals surface area contributed by atoms with E-state index in [9.17, 15) is 15.0 Å². The van der Waals surface area contributed by atoms with Gasteiger partial charge >= 0.3 is 0 Å². The molecule has 1 atom stereocenters. The number of rotatable bonds is 5. The van der Waals surface area contributed by atoms with Crippen molar-refractivity contribution in [2.45, 2.75) is 6.10 Å². The number of ether oxygens (including phenoxy) is 1. The Labute approximate surface area is 93.7 Å². The maximum atomic E-state index is 11.6. The number of aliphatic hydroxyl groups is 1. The number of hydrogen-bond acceptors (Lipinski definition) is 4. The van der Waals surface area contributed by atoms with Crippen molar-refractivity contribution in [3.8, 4) is 5.75 Å². The molecule has 0 bridgehead atoms. The number of carbonyl (C=O) groups excluding carboxylic acids is 1. The molecular formula is C11H15NO4. The summed E-state index contributed by atoms with van der Waals surface area (Å²) in [5, 5.41) is 21.2. The fourth-order valence-corrected chi connectivity index (χ4v) is 1.22. The van der Waals surface area contributed by atoms with Crippen LogP contribution in [0.2, 0.25) is 0 Å². The second-order valence-corrected chi connectivity index (χ2v) is 3.34. The van der Waals surface area contributed by atoms with Gasteiger partial charge in [-0.05, 0) is 12.1 Å². The third-order valence-corrected chi connectivity index (χ3v) is 2.01. The molecule has 88 valence electrons. The molecule has 5 nitrogen and oxygen atoms in total. The number of nitrogens with one attached hydrogen (secondary N) is 1. The quantitative estimate of drug-likeness (QED) is 0.665. The average molecular weight is 225 g/mol. The Morgan fingerprint density at radius 3 is 2.81 bits per heavy atom. The molecule has 16 heavy (non-hydrogen) atoms. The van der Waals surface area contributed by atoms with E-state index in [0.717, 1.165) is 0 Å². The van der Waals surface area contributed by atoms with E-state index >= 15 is 0 Å². The van der Waals surface area contributed by atoms with E-state index in [1.807, 2.05) is 0 Å². The summed E-state index contributed by atoms with van der Waals surface area (Å²) in [4.78, 5) is 11.6. The Hall–Kier alpha value is -1.59. The van der Waals surface area contributed by atoms with Gasteiger partial charge < -0.3 is 20.3 Å². The number of benzene rings is 1. The van der Waals surface area contributed by atoms with Crippen LogP contribution in [0.25, 0.3) is 0 Å². The summed E-state index contributed by atoms with van der Waals surface area (Å²) in [5.41, 5.74) is 0.187. The first kappa shape index (κ1) is 12.5. The molecule has 0 aliphatic carbocycles. The van der Waals surface area contributed by atoms with E-state index in [0.29, 0.717) is 0 Å². The Kier molecular flexibility index (Phi) is 4.75. The van der Waals surface area contributed by atoms with E-state index in [1.165, 1.54) is 19.2 Å². The Bertz CT molecular complexity index is 354. The van der Waals surface area contributed by atoms with Gasteiger partial charge in [0.05, 0.1) is 18.3 Å². The summed E-state index contributed by atoms with van der Waals surface area (Å²) in [6.07, 6.45) is -0.750. The molecule has 0 saturated heterocycles. The maximum Gasteiger partial charge on any atom is 0.255 e. The fourth-order valence-electron chi connectivity index (χ4n) is 1.22. The molecular weight excluding hydrogens is 210 g/mol. The van der Waals surface area contributed by atoms with Crippen molar-refractivity contribution < 1.29 is 19.7 Å². The highest BCUT2D eigenvalue weighted by Gasteiger charge is 2.11. The molecule has 1 amide bonds. The second-order valence-electron chi connectivity index (χ2n) is 3.34. The Morgan fingerprint density at radius 2 is 2.19 bits per heavy atom. The topological polar surface area (TPSA) is 78.8 Å². The maximum absolute atomic E-state index is 11.6. The van der Waals surface area contributed by atoms with Gasteiger partial charge in [0, 0.05) is 13.7 Å². The van der Waals surface area contributed by atoms with Crippen LogP contribution in [0.15, 0.2) is 24.3 Å². The molecule has 0 radical (unpaired) electrons. The molecule has 3 N–H and O–H groups in total. The van der Waals surface area contributed by atoms with Crippen molar-refractivity contribution in [1.29, 1.82) is 0 Å². The normalized spacial score (nSPS) is 12.1. The minimum atomic E-state index is -0.750. The van der Waals surface area contributed by atoms with E-state index in [2.05, 4.69) is 5.32 Å². The van der Waals surface area contributed by atoms with Crippen molar-refractivity contribution in [1.82, 2.24) is 5.32 Å². The number of phenols is 1. The van der Waals surface area contributed by atoms with E-state index < -0.39 is 12.0 Å². The molecule has 0 fully saturated rings. The third-order valence-electron chi connectivity index (χ3n) is 2.01. The lowest BCUT2D eigenvalue weighted by atomic mass is 10.2. The molecule has 1 aromatic rings. The lowest BCUT2D eigenvalue weighted by Crippen LogP contribution is -2.34. The zero-order valence-electron chi connectivity index (χ0n) is 9.01. The van der Waals surface area contributed by atoms with Gasteiger partial charge in [-0.25, -0.2) is 0 Å². The van der Waals surface area contributed by atoms with Crippen LogP contribution in [-0.2, 0) is 4.74 Å². The predicted octanol–water partition coefficient (Wildman–Crippen LogP) is 0.129. The lowest BCUT2D eigenvalue weighted by molar-refractivity contribution is 0.0609. The molecule has 5 heteroatoms. The van der Waals surface area contributed by atoms with Crippen LogP contribution in [-0.4, -0.2) is 42.5 Å². The molecule has 0 aliphatic heterocycles. The number of methoxy groups -OCH3 is 1. The Balaban J connectivity index is 2.50. The summed E-state index contributed by atoms with van der Waals surface area (Å²) in [7, 11) is 1.47. The van der Waals surface area contributed by atoms with E-state index in [4.69, 9.17) is 4.74 Å². The molecule has 0 saturated carbocycles. The average Bonchev–Trinajstić information content (AvgIpc) is 2.27. The van der Waals surface area contributed by atoms with Gasteiger partial charge in [0.15, 0.2) is 0 Å². The van der Waals surface area contributed by atoms with Crippen molar-refractivity contribution in [2.24, 2.45) is 0 Å². The van der Waals surface area contributed by atoms with Gasteiger partial charge in [0.1, 0.15) is 5.75 Å². The summed E-state index contributed by atoms with van der Waals surface area (Å²) in [6.45, 7) is 0.238. The number of amides is 1. The van der Waals surface area contributed by atoms with Gasteiger partial charge in [-0.3, -0.25) is 4.79 Å². The van der Waals surface area contributed by atoms with Gasteiger partial charge in [-0.1, -0.05) is 12.1 Å². The number of aromatic hydroxyl groups is 1. The van der Waals surface area contributed by atoms with Crippen LogP contribution in [0.5, 0.6) is 5.75 Å². The smallest absolute Gasteiger partial charge is 0.255 e. The highest BCUT2D eigenvalue weighted by atomic mass is 16.5. The number of hydrogen-bond donors (Lipinski definition) is 3. The van der Waals surface area contributed by atoms with Gasteiger partial charge in [0.25, 0.3) is 5.91 Å². The second kappa shape index (κ2) is 6.09. The first-order chi connectivity index (χ1) is 7.65. The van der Waals surface area contributed by atoms with Crippen LogP contribution in [0.3, 0.4) is 0 Å². The van der Waals surface area contributed by atoms with Crippen LogP contribution in [0.1, 0.15) is 10.4 Å². The predicted molar refractivity (Wildman–Crippen MR) is 58.3 cm³/mol. The third kappa shape index (κ3) is 3.52. The minimum absolute atomic E-state index is 0.0822. The molecule has 0 spiro atoms. The summed E-state index contributed by atoms with van der Waals surface area (Å²) < 4.78 is 4.71. The first-order valence-electron chi connectivity index (χ1n) is 4.88. The molecule has 0 aromatic heterocycles. The van der Waals surface area contributed by atoms with E-state index in [-0.39, 0.29) is 24.5 Å². The van der Waals surface area contributed by atoms with Crippen molar-refractivity contribution in [2.75, 3.05) is 20.3 Å². The van der Waals surface area contributed by atoms with E-state index in [1.54, 1.807) is 12.1 Å². The number of phenolic OH excluding ortho intramolecular Hbond substituents is 1. The zero-order valence-corrected chi connectivity index (χ0v) is 9.01. The summed E-state index contributed by atoms with van der Waals surface area (Å²) in [5.74, 6) is -0.505. The highest BCUT2D eigenvalue weighted by molar-refractivity contribution is 5.96. The van der Waals surface area contributed by atoms with Crippen LogP contribution in [0, 0.1) is 0 Å². The highest BCUT2D eigenvalue weighted by Crippen LogP contribution is 2.14. The summed E-state index contributed by atoms with van der Waals surface area (Å²) in [6, 6.07) is 6.22. The van der Waals surface area contributed by atoms with Crippen molar-refractivity contribution in [3.63, 3.8) is 0 Å². The van der Waals surface area contributed by atoms with Gasteiger partial charge in [-0.15, -0.1) is 0 Å². The van der Waals surface area contributed by atoms with Crippen LogP contribution < -0.4 is 5.32 Å². The van der Waals surface area contributed by atoms with Crippen LogP contribution in [0.4, 0.5) is 0 Å². The molecule has 0 aliphatic rings. The fraction of sp³-hybridized carbons (Fsp3) is 0.364. The number of para-hydroxylation sites is 1. The Morgan fingerprint density at radius 1 is 1.50 bits per heavy atom. The first-order valence-corrected chi connectivity index (χ1v) is 4.88. The number of aliphatic hydroxyl groups excluding tert-OH is 1. The van der Waals surface area contributed by atoms with Gasteiger partial charge in [-0.2, -0.15) is 0 Å². The monoisotopic (exact) mass is 225 g/mol. The van der Waals surface area contributed by atoms with Crippen molar-refractivity contribution >= 4 is 5.91 Å². The van der Waals surface area contributed by atoms with Crippen LogP contribution >= 0.6 is 0 Å². The minimum Gasteiger partial charge on any atom is -0.507 e. The summed E-state index contributed by atoms with van der Waals surface area (Å²) >= 11 is 0. The van der Waals surface area contributed by atoms with Crippen molar-refractivity contribution in [3.05, 3.63) is 29.8 Å².